The molecule has 1 N–H and O–H groups in total. The van der Waals surface area contributed by atoms with Crippen molar-refractivity contribution >= 4 is 48.6 Å². The van der Waals surface area contributed by atoms with Crippen molar-refractivity contribution < 1.29 is 8.42 Å². The Morgan fingerprint density at radius 3 is 2.43 bits per heavy atom. The highest BCUT2D eigenvalue weighted by molar-refractivity contribution is 9.10. The number of sulfonamides is 1. The first-order valence-corrected chi connectivity index (χ1v) is 11.2. The van der Waals surface area contributed by atoms with Crippen molar-refractivity contribution in [2.45, 2.75) is 4.90 Å². The summed E-state index contributed by atoms with van der Waals surface area (Å²) in [5.41, 5.74) is 0.721. The largest absolute Gasteiger partial charge is 0.338 e. The van der Waals surface area contributed by atoms with E-state index in [0.717, 1.165) is 36.2 Å². The fourth-order valence-corrected chi connectivity index (χ4v) is 4.60. The van der Waals surface area contributed by atoms with E-state index in [1.54, 1.807) is 24.3 Å². The number of rotatable bonds is 4. The van der Waals surface area contributed by atoms with Crippen LogP contribution in [0.3, 0.4) is 0 Å². The molecule has 1 saturated heterocycles. The lowest BCUT2D eigenvalue weighted by Crippen LogP contribution is -2.44. The predicted molar refractivity (Wildman–Crippen MR) is 114 cm³/mol. The molecule has 0 amide bonds. The van der Waals surface area contributed by atoms with Gasteiger partial charge in [-0.3, -0.25) is 4.31 Å². The molecule has 1 aliphatic heterocycles. The van der Waals surface area contributed by atoms with E-state index in [4.69, 9.17) is 0 Å². The number of fused-ring (bicyclic) bond motifs is 1. The van der Waals surface area contributed by atoms with Gasteiger partial charge in [0.25, 0.3) is 10.0 Å². The Hall–Kier alpha value is -2.23. The molecule has 3 aromatic rings. The lowest BCUT2D eigenvalue weighted by Gasteiger charge is -2.29. The average Bonchev–Trinajstić information content (AvgIpc) is 2.73. The fraction of sp³-hybridized carbons (Fsp3) is 0.263. The molecule has 9 heteroatoms. The number of hydrogen-bond acceptors (Lipinski definition) is 6. The molecule has 0 saturated carbocycles. The molecule has 1 aliphatic rings. The van der Waals surface area contributed by atoms with Crippen LogP contribution < -0.4 is 14.5 Å². The first-order valence-electron chi connectivity index (χ1n) is 8.94. The maximum Gasteiger partial charge on any atom is 0.265 e. The molecule has 0 atom stereocenters. The molecule has 0 unspecified atom stereocenters. The molecular weight excluding hydrogens is 442 g/mol. The Labute approximate surface area is 172 Å². The van der Waals surface area contributed by atoms with E-state index in [1.165, 1.54) is 11.4 Å². The highest BCUT2D eigenvalue weighted by atomic mass is 79.9. The molecule has 2 heterocycles. The normalized spacial score (nSPS) is 15.0. The first-order chi connectivity index (χ1) is 13.5. The van der Waals surface area contributed by atoms with Crippen LogP contribution in [0.5, 0.6) is 0 Å². The smallest absolute Gasteiger partial charge is 0.265 e. The minimum absolute atomic E-state index is 0.213. The summed E-state index contributed by atoms with van der Waals surface area (Å²) >= 11 is 3.34. The zero-order valence-electron chi connectivity index (χ0n) is 15.3. The number of nitrogens with zero attached hydrogens (tertiary/aromatic N) is 4. The Kier molecular flexibility index (Phi) is 5.22. The van der Waals surface area contributed by atoms with Gasteiger partial charge in [0.15, 0.2) is 5.82 Å². The van der Waals surface area contributed by atoms with Crippen molar-refractivity contribution in [2.24, 2.45) is 0 Å². The summed E-state index contributed by atoms with van der Waals surface area (Å²) in [7, 11) is -2.22. The minimum Gasteiger partial charge on any atom is -0.338 e. The van der Waals surface area contributed by atoms with Gasteiger partial charge in [-0.25, -0.2) is 13.4 Å². The second kappa shape index (κ2) is 7.65. The Morgan fingerprint density at radius 2 is 1.71 bits per heavy atom. The van der Waals surface area contributed by atoms with Gasteiger partial charge in [-0.15, -0.1) is 0 Å². The molecule has 4 rings (SSSR count). The zero-order valence-corrected chi connectivity index (χ0v) is 17.7. The molecule has 0 radical (unpaired) electrons. The van der Waals surface area contributed by atoms with Crippen LogP contribution in [0.15, 0.2) is 57.9 Å². The maximum atomic E-state index is 13.2. The summed E-state index contributed by atoms with van der Waals surface area (Å²) in [5.74, 6) is 0.926. The van der Waals surface area contributed by atoms with Crippen LogP contribution in [0.1, 0.15) is 0 Å². The van der Waals surface area contributed by atoms with Crippen LogP contribution in [0.2, 0.25) is 0 Å². The number of para-hydroxylation sites is 1. The van der Waals surface area contributed by atoms with E-state index in [-0.39, 0.29) is 4.90 Å². The third kappa shape index (κ3) is 3.57. The van der Waals surface area contributed by atoms with E-state index < -0.39 is 10.0 Å². The second-order valence-corrected chi connectivity index (χ2v) is 9.41. The van der Waals surface area contributed by atoms with Crippen LogP contribution in [0.25, 0.3) is 10.9 Å². The molecule has 0 spiro atoms. The highest BCUT2D eigenvalue weighted by Crippen LogP contribution is 2.30. The summed E-state index contributed by atoms with van der Waals surface area (Å²) < 4.78 is 28.5. The maximum absolute atomic E-state index is 13.2. The van der Waals surface area contributed by atoms with E-state index in [1.807, 2.05) is 24.3 Å². The molecule has 7 nitrogen and oxygen atoms in total. The van der Waals surface area contributed by atoms with E-state index in [0.29, 0.717) is 17.2 Å². The standard InChI is InChI=1S/C19H20BrN5O2S/c1-24(28(26,27)15-8-6-14(20)7-9-15)18-16-4-2-3-5-17(16)22-19(23-18)25-12-10-21-11-13-25/h2-9,21H,10-13H2,1H3. The van der Waals surface area contributed by atoms with Crippen LogP contribution in [0.4, 0.5) is 11.8 Å². The fourth-order valence-electron chi connectivity index (χ4n) is 3.17. The summed E-state index contributed by atoms with van der Waals surface area (Å²) in [6, 6.07) is 14.1. The second-order valence-electron chi connectivity index (χ2n) is 6.53. The van der Waals surface area contributed by atoms with Crippen molar-refractivity contribution in [3.05, 3.63) is 53.0 Å². The van der Waals surface area contributed by atoms with Crippen LogP contribution >= 0.6 is 15.9 Å². The number of benzene rings is 2. The van der Waals surface area contributed by atoms with E-state index in [9.17, 15) is 8.42 Å². The number of nitrogens with one attached hydrogen (secondary N) is 1. The Morgan fingerprint density at radius 1 is 1.04 bits per heavy atom. The number of anilines is 2. The first kappa shape index (κ1) is 19.1. The number of piperazine rings is 1. The molecule has 28 heavy (non-hydrogen) atoms. The molecule has 146 valence electrons. The van der Waals surface area contributed by atoms with Crippen molar-refractivity contribution in [2.75, 3.05) is 42.4 Å². The van der Waals surface area contributed by atoms with Crippen molar-refractivity contribution in [1.82, 2.24) is 15.3 Å². The van der Waals surface area contributed by atoms with Crippen LogP contribution in [-0.4, -0.2) is 51.6 Å². The van der Waals surface area contributed by atoms with Crippen LogP contribution in [-0.2, 0) is 10.0 Å². The SMILES string of the molecule is CN(c1nc(N2CCNCC2)nc2ccccc12)S(=O)(=O)c1ccc(Br)cc1. The topological polar surface area (TPSA) is 78.4 Å². The van der Waals surface area contributed by atoms with Gasteiger partial charge in [0.05, 0.1) is 10.4 Å². The molecule has 1 aromatic heterocycles. The average molecular weight is 462 g/mol. The summed E-state index contributed by atoms with van der Waals surface area (Å²) in [6.45, 7) is 3.25. The number of halogens is 1. The summed E-state index contributed by atoms with van der Waals surface area (Å²) in [6.07, 6.45) is 0. The van der Waals surface area contributed by atoms with Crippen LogP contribution in [0, 0.1) is 0 Å². The number of aromatic nitrogens is 2. The molecule has 0 bridgehead atoms. The Bertz CT molecular complexity index is 1100. The van der Waals surface area contributed by atoms with E-state index >= 15 is 0 Å². The predicted octanol–water partition coefficient (Wildman–Crippen LogP) is 2.63. The minimum atomic E-state index is -3.76. The molecule has 0 aliphatic carbocycles. The van der Waals surface area contributed by atoms with Gasteiger partial charge < -0.3 is 10.2 Å². The third-order valence-corrected chi connectivity index (χ3v) is 7.03. The van der Waals surface area contributed by atoms with Gasteiger partial charge in [0, 0.05) is 43.1 Å². The van der Waals surface area contributed by atoms with Gasteiger partial charge in [0.2, 0.25) is 5.95 Å². The highest BCUT2D eigenvalue weighted by Gasteiger charge is 2.26. The van der Waals surface area contributed by atoms with Gasteiger partial charge in [-0.1, -0.05) is 28.1 Å². The lowest BCUT2D eigenvalue weighted by atomic mass is 10.2. The third-order valence-electron chi connectivity index (χ3n) is 4.74. The van der Waals surface area contributed by atoms with Gasteiger partial charge in [-0.2, -0.15) is 4.98 Å². The lowest BCUT2D eigenvalue weighted by molar-refractivity contribution is 0.580. The Balaban J connectivity index is 1.83. The van der Waals surface area contributed by atoms with Crippen molar-refractivity contribution in [1.29, 1.82) is 0 Å². The molecule has 1 fully saturated rings. The van der Waals surface area contributed by atoms with Crippen molar-refractivity contribution in [3.63, 3.8) is 0 Å². The van der Waals surface area contributed by atoms with Crippen molar-refractivity contribution in [3.8, 4) is 0 Å². The van der Waals surface area contributed by atoms with Gasteiger partial charge >= 0.3 is 0 Å². The molecule has 2 aromatic carbocycles. The zero-order chi connectivity index (χ0) is 19.7. The number of hydrogen-bond donors (Lipinski definition) is 1. The van der Waals surface area contributed by atoms with E-state index in [2.05, 4.69) is 36.1 Å². The quantitative estimate of drug-likeness (QED) is 0.643. The summed E-state index contributed by atoms with van der Waals surface area (Å²) in [5, 5.41) is 4.00. The monoisotopic (exact) mass is 461 g/mol. The van der Waals surface area contributed by atoms with Gasteiger partial charge in [-0.05, 0) is 36.4 Å². The summed E-state index contributed by atoms with van der Waals surface area (Å²) in [4.78, 5) is 11.6. The van der Waals surface area contributed by atoms with Gasteiger partial charge in [0.1, 0.15) is 0 Å². The molecular formula is C19H20BrN5O2S.